The summed E-state index contributed by atoms with van der Waals surface area (Å²) in [4.78, 5) is 18.4. The van der Waals surface area contributed by atoms with E-state index in [1.807, 2.05) is 0 Å². The second-order valence-electron chi connectivity index (χ2n) is 3.54. The maximum Gasteiger partial charge on any atom is 0.354 e. The minimum Gasteiger partial charge on any atom is -0.477 e. The van der Waals surface area contributed by atoms with Crippen molar-refractivity contribution in [1.29, 1.82) is 0 Å². The Bertz CT molecular complexity index is 524. The van der Waals surface area contributed by atoms with Crippen LogP contribution in [0.4, 0.5) is 0 Å². The van der Waals surface area contributed by atoms with Crippen LogP contribution in [-0.2, 0) is 9.84 Å². The topological polar surface area (TPSA) is 97.2 Å². The van der Waals surface area contributed by atoms with Crippen LogP contribution in [0, 0.1) is 6.92 Å². The molecule has 0 bridgehead atoms. The zero-order chi connectivity index (χ0) is 12.5. The molecule has 88 valence electrons. The summed E-state index contributed by atoms with van der Waals surface area (Å²) >= 11 is 0. The second kappa shape index (κ2) is 4.17. The van der Waals surface area contributed by atoms with Gasteiger partial charge in [-0.2, -0.15) is 0 Å². The molecule has 16 heavy (non-hydrogen) atoms. The van der Waals surface area contributed by atoms with Gasteiger partial charge in [-0.15, -0.1) is 0 Å². The van der Waals surface area contributed by atoms with Gasteiger partial charge in [0.25, 0.3) is 0 Å². The van der Waals surface area contributed by atoms with E-state index < -0.39 is 21.1 Å². The lowest BCUT2D eigenvalue weighted by atomic mass is 10.2. The van der Waals surface area contributed by atoms with Gasteiger partial charge in [-0.25, -0.2) is 23.2 Å². The maximum atomic E-state index is 11.3. The van der Waals surface area contributed by atoms with E-state index in [0.29, 0.717) is 5.56 Å². The second-order valence-corrected chi connectivity index (χ2v) is 5.90. The Morgan fingerprint density at radius 3 is 2.50 bits per heavy atom. The highest BCUT2D eigenvalue weighted by Gasteiger charge is 2.22. The number of hydrogen-bond acceptors (Lipinski definition) is 5. The summed E-state index contributed by atoms with van der Waals surface area (Å²) in [5, 5.41) is 7.92. The molecule has 0 aliphatic heterocycles. The van der Waals surface area contributed by atoms with E-state index in [2.05, 4.69) is 9.97 Å². The van der Waals surface area contributed by atoms with Gasteiger partial charge < -0.3 is 5.11 Å². The average Bonchev–Trinajstić information content (AvgIpc) is 2.15. The van der Waals surface area contributed by atoms with Gasteiger partial charge in [0.1, 0.15) is 11.1 Å². The van der Waals surface area contributed by atoms with Crippen LogP contribution in [0.2, 0.25) is 0 Å². The van der Waals surface area contributed by atoms with E-state index in [1.54, 1.807) is 6.92 Å². The Morgan fingerprint density at radius 2 is 2.06 bits per heavy atom. The smallest absolute Gasteiger partial charge is 0.354 e. The van der Waals surface area contributed by atoms with Gasteiger partial charge in [-0.1, -0.05) is 0 Å². The molecule has 1 rings (SSSR count). The predicted molar refractivity (Wildman–Crippen MR) is 57.0 cm³/mol. The van der Waals surface area contributed by atoms with Crippen molar-refractivity contribution in [3.8, 4) is 0 Å². The summed E-state index contributed by atoms with van der Waals surface area (Å²) in [6.07, 6.45) is 2.37. The fourth-order valence-corrected chi connectivity index (χ4v) is 1.56. The van der Waals surface area contributed by atoms with Crippen molar-refractivity contribution in [2.24, 2.45) is 0 Å². The van der Waals surface area contributed by atoms with Gasteiger partial charge in [-0.3, -0.25) is 0 Å². The van der Waals surface area contributed by atoms with Crippen molar-refractivity contribution >= 4 is 15.8 Å². The molecule has 7 heteroatoms. The molecule has 0 amide bonds. The van der Waals surface area contributed by atoms with E-state index in [4.69, 9.17) is 5.11 Å². The summed E-state index contributed by atoms with van der Waals surface area (Å²) in [6, 6.07) is 0. The molecule has 0 spiro atoms. The molecule has 0 aromatic carbocycles. The maximum absolute atomic E-state index is 11.3. The van der Waals surface area contributed by atoms with Crippen LogP contribution in [0.15, 0.2) is 6.20 Å². The Hall–Kier alpha value is -1.50. The number of sulfone groups is 1. The molecule has 0 saturated heterocycles. The number of aryl methyl sites for hydroxylation is 1. The summed E-state index contributed by atoms with van der Waals surface area (Å²) in [5.41, 5.74) is 0.234. The molecule has 0 fully saturated rings. The molecule has 6 nitrogen and oxygen atoms in total. The molecular weight excluding hydrogens is 232 g/mol. The first-order valence-electron chi connectivity index (χ1n) is 4.49. The third kappa shape index (κ3) is 2.54. The zero-order valence-electron chi connectivity index (χ0n) is 9.13. The molecule has 1 N–H and O–H groups in total. The summed E-state index contributed by atoms with van der Waals surface area (Å²) in [7, 11) is -3.33. The van der Waals surface area contributed by atoms with Crippen LogP contribution in [-0.4, -0.2) is 35.7 Å². The molecule has 0 aliphatic carbocycles. The normalized spacial score (nSPS) is 13.4. The first-order valence-corrected chi connectivity index (χ1v) is 6.44. The number of nitrogens with zero attached hydrogens (tertiary/aromatic N) is 2. The van der Waals surface area contributed by atoms with E-state index in [-0.39, 0.29) is 11.5 Å². The minimum absolute atomic E-state index is 0.00509. The highest BCUT2D eigenvalue weighted by Crippen LogP contribution is 2.17. The van der Waals surface area contributed by atoms with Crippen LogP contribution in [0.5, 0.6) is 0 Å². The van der Waals surface area contributed by atoms with Gasteiger partial charge in [0.2, 0.25) is 0 Å². The highest BCUT2D eigenvalue weighted by atomic mass is 32.2. The van der Waals surface area contributed by atoms with E-state index in [0.717, 1.165) is 6.26 Å². The van der Waals surface area contributed by atoms with E-state index >= 15 is 0 Å². The fraction of sp³-hybridized carbons (Fsp3) is 0.444. The first kappa shape index (κ1) is 12.6. The van der Waals surface area contributed by atoms with Crippen molar-refractivity contribution in [3.63, 3.8) is 0 Å². The van der Waals surface area contributed by atoms with Gasteiger partial charge in [0, 0.05) is 18.0 Å². The molecule has 0 aliphatic rings. The molecule has 0 radical (unpaired) electrons. The molecule has 1 aromatic rings. The minimum atomic E-state index is -3.33. The van der Waals surface area contributed by atoms with Crippen LogP contribution < -0.4 is 0 Å². The quantitative estimate of drug-likeness (QED) is 0.835. The van der Waals surface area contributed by atoms with E-state index in [1.165, 1.54) is 13.1 Å². The summed E-state index contributed by atoms with van der Waals surface area (Å²) in [6.45, 7) is 2.98. The van der Waals surface area contributed by atoms with Crippen LogP contribution >= 0.6 is 0 Å². The third-order valence-corrected chi connectivity index (χ3v) is 3.69. The van der Waals surface area contributed by atoms with E-state index in [9.17, 15) is 13.2 Å². The first-order chi connectivity index (χ1) is 7.23. The number of aromatic nitrogens is 2. The highest BCUT2D eigenvalue weighted by molar-refractivity contribution is 7.90. The third-order valence-electron chi connectivity index (χ3n) is 2.20. The average molecular weight is 244 g/mol. The van der Waals surface area contributed by atoms with Crippen molar-refractivity contribution in [2.75, 3.05) is 6.26 Å². The Labute approximate surface area is 93.3 Å². The molecule has 1 unspecified atom stereocenters. The van der Waals surface area contributed by atoms with Crippen molar-refractivity contribution in [2.45, 2.75) is 19.1 Å². The number of rotatable bonds is 3. The lowest BCUT2D eigenvalue weighted by molar-refractivity contribution is 0.0689. The molecule has 1 atom stereocenters. The van der Waals surface area contributed by atoms with Gasteiger partial charge >= 0.3 is 5.97 Å². The Balaban J connectivity index is 3.29. The number of carboxylic acids is 1. The Morgan fingerprint density at radius 1 is 1.50 bits per heavy atom. The van der Waals surface area contributed by atoms with Crippen LogP contribution in [0.25, 0.3) is 0 Å². The van der Waals surface area contributed by atoms with Crippen molar-refractivity contribution < 1.29 is 18.3 Å². The predicted octanol–water partition coefficient (Wildman–Crippen LogP) is 0.589. The number of carbonyl (C=O) groups is 1. The summed E-state index contributed by atoms with van der Waals surface area (Å²) in [5.74, 6) is -1.19. The Kier molecular flexibility index (Phi) is 3.27. The van der Waals surface area contributed by atoms with Crippen molar-refractivity contribution in [1.82, 2.24) is 9.97 Å². The fourth-order valence-electron chi connectivity index (χ4n) is 1.06. The van der Waals surface area contributed by atoms with Crippen LogP contribution in [0.3, 0.4) is 0 Å². The summed E-state index contributed by atoms with van der Waals surface area (Å²) < 4.78 is 22.5. The molecular formula is C9H12N2O4S. The molecule has 1 aromatic heterocycles. The SMILES string of the molecule is Cc1cnc(C(C)S(C)(=O)=O)nc1C(=O)O. The zero-order valence-corrected chi connectivity index (χ0v) is 9.95. The lowest BCUT2D eigenvalue weighted by Crippen LogP contribution is -2.15. The largest absolute Gasteiger partial charge is 0.477 e. The monoisotopic (exact) mass is 244 g/mol. The number of hydrogen-bond donors (Lipinski definition) is 1. The van der Waals surface area contributed by atoms with Crippen molar-refractivity contribution in [3.05, 3.63) is 23.3 Å². The van der Waals surface area contributed by atoms with Crippen LogP contribution in [0.1, 0.15) is 34.0 Å². The van der Waals surface area contributed by atoms with Gasteiger partial charge in [-0.05, 0) is 13.8 Å². The standard InChI is InChI=1S/C9H12N2O4S/c1-5-4-10-8(6(2)16(3,14)15)11-7(5)9(12)13/h4,6H,1-3H3,(H,12,13). The molecule has 0 saturated carbocycles. The number of carboxylic acid groups (broad SMARTS) is 1. The number of aromatic carboxylic acids is 1. The van der Waals surface area contributed by atoms with Gasteiger partial charge in [0.15, 0.2) is 15.5 Å². The van der Waals surface area contributed by atoms with Gasteiger partial charge in [0.05, 0.1) is 0 Å². The lowest BCUT2D eigenvalue weighted by Gasteiger charge is -2.09. The molecule has 1 heterocycles.